The van der Waals surface area contributed by atoms with Gasteiger partial charge in [-0.05, 0) is 56.2 Å². The number of hydrogen-bond donors (Lipinski definition) is 1. The Morgan fingerprint density at radius 3 is 2.57 bits per heavy atom. The summed E-state index contributed by atoms with van der Waals surface area (Å²) in [5.74, 6) is 1.37. The Morgan fingerprint density at radius 1 is 1.00 bits per heavy atom. The molecule has 35 heavy (non-hydrogen) atoms. The van der Waals surface area contributed by atoms with Gasteiger partial charge >= 0.3 is 0 Å². The van der Waals surface area contributed by atoms with Gasteiger partial charge in [-0.25, -0.2) is 19.3 Å². The summed E-state index contributed by atoms with van der Waals surface area (Å²) >= 11 is 0. The smallest absolute Gasteiger partial charge is 0.161 e. The molecule has 7 heterocycles. The zero-order valence-electron chi connectivity index (χ0n) is 19.8. The zero-order valence-corrected chi connectivity index (χ0v) is 19.8. The molecule has 2 bridgehead atoms. The van der Waals surface area contributed by atoms with Crippen molar-refractivity contribution in [2.75, 3.05) is 18.0 Å². The van der Waals surface area contributed by atoms with E-state index in [1.54, 1.807) is 12.3 Å². The molecule has 3 fully saturated rings. The number of aryl methyl sites for hydroxylation is 2. The number of fused-ring (bicyclic) bond motifs is 2. The molecule has 178 valence electrons. The summed E-state index contributed by atoms with van der Waals surface area (Å²) < 4.78 is 13.5. The van der Waals surface area contributed by atoms with Gasteiger partial charge in [0.1, 0.15) is 11.6 Å². The van der Waals surface area contributed by atoms with Gasteiger partial charge in [-0.3, -0.25) is 15.0 Å². The highest BCUT2D eigenvalue weighted by Crippen LogP contribution is 2.35. The summed E-state index contributed by atoms with van der Waals surface area (Å²) in [5, 5.41) is 7.30. The van der Waals surface area contributed by atoms with Crippen molar-refractivity contribution in [2.45, 2.75) is 45.3 Å². The standard InChI is InChI=1S/C26H27FN8/c1-16-5-21(8-22-6-17(2)32-33-22)31-26(30-16)19-3-4-25(29-11-19)34-14-23-9-24(15-34)35(23)13-18-7-20(27)12-28-10-18/h3-7,10-12,23-24H,8-9,13-15H2,1-2H3,(H,32,33). The highest BCUT2D eigenvalue weighted by Gasteiger charge is 2.44. The predicted molar refractivity (Wildman–Crippen MR) is 130 cm³/mol. The molecular weight excluding hydrogens is 443 g/mol. The van der Waals surface area contributed by atoms with E-state index in [0.29, 0.717) is 24.3 Å². The fraction of sp³-hybridized carbons (Fsp3) is 0.346. The van der Waals surface area contributed by atoms with Crippen molar-refractivity contribution in [1.29, 1.82) is 0 Å². The quantitative estimate of drug-likeness (QED) is 0.462. The number of piperazine rings is 1. The summed E-state index contributed by atoms with van der Waals surface area (Å²) in [4.78, 5) is 22.9. The molecule has 2 atom stereocenters. The average molecular weight is 471 g/mol. The number of halogens is 1. The van der Waals surface area contributed by atoms with Gasteiger partial charge in [0.15, 0.2) is 5.82 Å². The molecule has 1 N–H and O–H groups in total. The second-order valence-electron chi connectivity index (χ2n) is 9.58. The number of nitrogens with zero attached hydrogens (tertiary/aromatic N) is 7. The second kappa shape index (κ2) is 8.81. The van der Waals surface area contributed by atoms with E-state index >= 15 is 0 Å². The van der Waals surface area contributed by atoms with Crippen LogP contribution in [-0.4, -0.2) is 60.2 Å². The lowest BCUT2D eigenvalue weighted by atomic mass is 9.87. The molecule has 4 aromatic heterocycles. The number of rotatable bonds is 6. The number of pyridine rings is 2. The molecule has 0 aromatic carbocycles. The lowest BCUT2D eigenvalue weighted by molar-refractivity contribution is -0.00882. The summed E-state index contributed by atoms with van der Waals surface area (Å²) in [6.07, 6.45) is 6.70. The normalized spacial score (nSPS) is 19.6. The number of piperidine rings is 1. The molecule has 8 nitrogen and oxygen atoms in total. The van der Waals surface area contributed by atoms with Crippen LogP contribution in [0.5, 0.6) is 0 Å². The Labute approximate surface area is 203 Å². The van der Waals surface area contributed by atoms with Gasteiger partial charge in [-0.15, -0.1) is 0 Å². The van der Waals surface area contributed by atoms with Gasteiger partial charge in [0, 0.05) is 67.5 Å². The fourth-order valence-electron chi connectivity index (χ4n) is 5.19. The lowest BCUT2D eigenvalue weighted by Gasteiger charge is -2.56. The number of aromatic nitrogens is 6. The van der Waals surface area contributed by atoms with E-state index in [4.69, 9.17) is 9.97 Å². The minimum atomic E-state index is -0.278. The topological polar surface area (TPSA) is 86.7 Å². The monoisotopic (exact) mass is 470 g/mol. The van der Waals surface area contributed by atoms with E-state index in [0.717, 1.165) is 59.4 Å². The summed E-state index contributed by atoms with van der Waals surface area (Å²) in [6, 6.07) is 10.6. The first kappa shape index (κ1) is 21.8. The Kier molecular flexibility index (Phi) is 5.49. The zero-order chi connectivity index (χ0) is 23.9. The lowest BCUT2D eigenvalue weighted by Crippen LogP contribution is -2.68. The van der Waals surface area contributed by atoms with Crippen LogP contribution >= 0.6 is 0 Å². The Balaban J connectivity index is 1.13. The highest BCUT2D eigenvalue weighted by atomic mass is 19.1. The third-order valence-electron chi connectivity index (χ3n) is 6.83. The van der Waals surface area contributed by atoms with E-state index in [9.17, 15) is 4.39 Å². The molecule has 0 aliphatic carbocycles. The number of H-pyrrole nitrogens is 1. The molecule has 9 heteroatoms. The van der Waals surface area contributed by atoms with Crippen LogP contribution < -0.4 is 4.90 Å². The minimum Gasteiger partial charge on any atom is -0.353 e. The van der Waals surface area contributed by atoms with Gasteiger partial charge in [0.25, 0.3) is 0 Å². The van der Waals surface area contributed by atoms with Gasteiger partial charge < -0.3 is 4.90 Å². The van der Waals surface area contributed by atoms with Crippen LogP contribution in [0.4, 0.5) is 10.2 Å². The number of nitrogens with one attached hydrogen (secondary N) is 1. The van der Waals surface area contributed by atoms with Crippen LogP contribution in [0.25, 0.3) is 11.4 Å². The van der Waals surface area contributed by atoms with Crippen LogP contribution in [0.3, 0.4) is 0 Å². The van der Waals surface area contributed by atoms with Crippen LogP contribution in [0.15, 0.2) is 48.9 Å². The maximum absolute atomic E-state index is 13.5. The summed E-state index contributed by atoms with van der Waals surface area (Å²) in [7, 11) is 0. The van der Waals surface area contributed by atoms with Crippen molar-refractivity contribution in [2.24, 2.45) is 0 Å². The molecule has 0 radical (unpaired) electrons. The van der Waals surface area contributed by atoms with Crippen LogP contribution in [0, 0.1) is 19.7 Å². The van der Waals surface area contributed by atoms with Gasteiger partial charge in [-0.2, -0.15) is 5.10 Å². The van der Waals surface area contributed by atoms with Crippen molar-refractivity contribution >= 4 is 5.82 Å². The minimum absolute atomic E-state index is 0.278. The molecule has 4 aromatic rings. The molecule has 3 aliphatic heterocycles. The molecule has 0 spiro atoms. The highest BCUT2D eigenvalue weighted by molar-refractivity contribution is 5.57. The van der Waals surface area contributed by atoms with E-state index in [-0.39, 0.29) is 5.82 Å². The van der Waals surface area contributed by atoms with E-state index in [1.165, 1.54) is 12.6 Å². The third-order valence-corrected chi connectivity index (χ3v) is 6.83. The largest absolute Gasteiger partial charge is 0.353 e. The van der Waals surface area contributed by atoms with Crippen molar-refractivity contribution in [3.8, 4) is 11.4 Å². The molecule has 3 aliphatic rings. The van der Waals surface area contributed by atoms with Crippen LogP contribution in [0.1, 0.15) is 34.8 Å². The average Bonchev–Trinajstić information content (AvgIpc) is 3.26. The summed E-state index contributed by atoms with van der Waals surface area (Å²) in [5.41, 5.74) is 5.69. The molecule has 7 rings (SSSR count). The summed E-state index contributed by atoms with van der Waals surface area (Å²) in [6.45, 7) is 6.55. The van der Waals surface area contributed by atoms with Crippen molar-refractivity contribution in [1.82, 2.24) is 35.0 Å². The molecule has 0 amide bonds. The molecule has 0 saturated carbocycles. The van der Waals surface area contributed by atoms with Crippen LogP contribution in [0.2, 0.25) is 0 Å². The Morgan fingerprint density at radius 2 is 1.86 bits per heavy atom. The van der Waals surface area contributed by atoms with Crippen LogP contribution in [-0.2, 0) is 13.0 Å². The molecule has 2 unspecified atom stereocenters. The predicted octanol–water partition coefficient (Wildman–Crippen LogP) is 3.47. The van der Waals surface area contributed by atoms with E-state index in [2.05, 4.69) is 42.1 Å². The van der Waals surface area contributed by atoms with Crippen molar-refractivity contribution in [3.05, 3.63) is 83.1 Å². The van der Waals surface area contributed by atoms with Crippen molar-refractivity contribution < 1.29 is 4.39 Å². The maximum Gasteiger partial charge on any atom is 0.161 e. The second-order valence-corrected chi connectivity index (χ2v) is 9.58. The molecule has 3 saturated heterocycles. The Hall–Kier alpha value is -3.72. The van der Waals surface area contributed by atoms with Gasteiger partial charge in [0.05, 0.1) is 17.6 Å². The fourth-order valence-corrected chi connectivity index (χ4v) is 5.19. The van der Waals surface area contributed by atoms with Crippen molar-refractivity contribution in [3.63, 3.8) is 0 Å². The number of anilines is 1. The third kappa shape index (κ3) is 4.51. The van der Waals surface area contributed by atoms with Gasteiger partial charge in [-0.1, -0.05) is 0 Å². The first-order chi connectivity index (χ1) is 17.0. The first-order valence-electron chi connectivity index (χ1n) is 11.9. The van der Waals surface area contributed by atoms with Gasteiger partial charge in [0.2, 0.25) is 0 Å². The molecular formula is C26H27FN8. The number of hydrogen-bond acceptors (Lipinski definition) is 7. The SMILES string of the molecule is Cc1cc(Cc2cc(C)[nH]n2)nc(-c2ccc(N3CC4CC(C3)N4Cc3cncc(F)c3)nc2)n1. The van der Waals surface area contributed by atoms with E-state index in [1.807, 2.05) is 32.2 Å². The number of aromatic amines is 1. The Bertz CT molecular complexity index is 1340. The maximum atomic E-state index is 13.5. The van der Waals surface area contributed by atoms with E-state index < -0.39 is 0 Å². The first-order valence-corrected chi connectivity index (χ1v) is 11.9.